The summed E-state index contributed by atoms with van der Waals surface area (Å²) in [6.45, 7) is -0.0574. The number of nitrogens with one attached hydrogen (secondary N) is 2. The highest BCUT2D eigenvalue weighted by Gasteiger charge is 2.31. The van der Waals surface area contributed by atoms with Gasteiger partial charge in [0.2, 0.25) is 5.91 Å². The Labute approximate surface area is 188 Å². The van der Waals surface area contributed by atoms with E-state index in [0.717, 1.165) is 12.1 Å². The summed E-state index contributed by atoms with van der Waals surface area (Å²) in [6.07, 6.45) is -4.27. The summed E-state index contributed by atoms with van der Waals surface area (Å²) in [6, 6.07) is 11.1. The molecule has 0 aromatic heterocycles. The lowest BCUT2D eigenvalue weighted by molar-refractivity contribution is -0.138. The van der Waals surface area contributed by atoms with Gasteiger partial charge in [-0.05, 0) is 54.8 Å². The molecule has 2 aromatic carbocycles. The van der Waals surface area contributed by atoms with Gasteiger partial charge in [0.25, 0.3) is 5.91 Å². The molecular formula is C22H22ClF3N2O4. The normalized spacial score (nSPS) is 18.6. The van der Waals surface area contributed by atoms with Crippen molar-refractivity contribution >= 4 is 23.4 Å². The first kappa shape index (κ1) is 23.9. The van der Waals surface area contributed by atoms with E-state index in [0.29, 0.717) is 29.2 Å². The van der Waals surface area contributed by atoms with Gasteiger partial charge in [-0.2, -0.15) is 13.2 Å². The van der Waals surface area contributed by atoms with Crippen LogP contribution in [0.2, 0.25) is 5.02 Å². The third-order valence-electron chi connectivity index (χ3n) is 4.84. The summed E-state index contributed by atoms with van der Waals surface area (Å²) in [5.74, 6) is -0.207. The largest absolute Gasteiger partial charge is 0.484 e. The number of carbonyl (C=O) groups excluding carboxylic acids is 2. The fraction of sp³-hybridized carbons (Fsp3) is 0.364. The van der Waals surface area contributed by atoms with Crippen molar-refractivity contribution in [2.24, 2.45) is 0 Å². The molecule has 32 heavy (non-hydrogen) atoms. The summed E-state index contributed by atoms with van der Waals surface area (Å²) in [7, 11) is 0. The van der Waals surface area contributed by atoms with Gasteiger partial charge in [-0.1, -0.05) is 23.7 Å². The van der Waals surface area contributed by atoms with Gasteiger partial charge in [0.05, 0.1) is 18.2 Å². The van der Waals surface area contributed by atoms with E-state index in [9.17, 15) is 22.8 Å². The van der Waals surface area contributed by atoms with Gasteiger partial charge in [-0.25, -0.2) is 0 Å². The van der Waals surface area contributed by atoms with E-state index in [1.807, 2.05) is 0 Å². The lowest BCUT2D eigenvalue weighted by atomic mass is 10.0. The van der Waals surface area contributed by atoms with Gasteiger partial charge < -0.3 is 20.1 Å². The average molecular weight is 471 g/mol. The van der Waals surface area contributed by atoms with Crippen LogP contribution >= 0.6 is 11.6 Å². The van der Waals surface area contributed by atoms with E-state index in [-0.39, 0.29) is 31.7 Å². The molecule has 0 bridgehead atoms. The minimum Gasteiger partial charge on any atom is -0.484 e. The van der Waals surface area contributed by atoms with Crippen molar-refractivity contribution in [3.05, 3.63) is 64.7 Å². The molecule has 10 heteroatoms. The quantitative estimate of drug-likeness (QED) is 0.646. The molecule has 2 amide bonds. The lowest BCUT2D eigenvalue weighted by Gasteiger charge is -2.29. The number of amides is 2. The Balaban J connectivity index is 1.38. The Morgan fingerprint density at radius 2 is 1.88 bits per heavy atom. The molecule has 1 fully saturated rings. The van der Waals surface area contributed by atoms with Crippen LogP contribution in [0.3, 0.4) is 0 Å². The van der Waals surface area contributed by atoms with Crippen LogP contribution < -0.4 is 15.4 Å². The number of ether oxygens (including phenoxy) is 2. The first-order chi connectivity index (χ1) is 15.2. The van der Waals surface area contributed by atoms with Crippen LogP contribution in [0, 0.1) is 0 Å². The van der Waals surface area contributed by atoms with Crippen molar-refractivity contribution in [3.63, 3.8) is 0 Å². The highest BCUT2D eigenvalue weighted by Crippen LogP contribution is 2.29. The number of halogens is 4. The number of rotatable bonds is 7. The van der Waals surface area contributed by atoms with E-state index in [1.165, 1.54) is 12.1 Å². The van der Waals surface area contributed by atoms with E-state index >= 15 is 0 Å². The van der Waals surface area contributed by atoms with Crippen molar-refractivity contribution < 1.29 is 32.2 Å². The van der Waals surface area contributed by atoms with Crippen molar-refractivity contribution in [2.45, 2.75) is 37.7 Å². The molecule has 0 spiro atoms. The summed E-state index contributed by atoms with van der Waals surface area (Å²) in [5.41, 5.74) is -0.424. The van der Waals surface area contributed by atoms with Crippen LogP contribution in [0.1, 0.15) is 24.0 Å². The van der Waals surface area contributed by atoms with E-state index in [2.05, 4.69) is 10.6 Å². The molecule has 1 aliphatic rings. The second kappa shape index (κ2) is 10.7. The minimum atomic E-state index is -4.44. The smallest absolute Gasteiger partial charge is 0.416 e. The summed E-state index contributed by atoms with van der Waals surface area (Å²) >= 11 is 5.79. The van der Waals surface area contributed by atoms with Crippen LogP contribution in [-0.4, -0.2) is 37.2 Å². The zero-order valence-corrected chi connectivity index (χ0v) is 17.7. The maximum absolute atomic E-state index is 12.8. The molecule has 0 unspecified atom stereocenters. The second-order valence-electron chi connectivity index (χ2n) is 7.32. The molecule has 2 aromatic rings. The molecule has 2 atom stereocenters. The standard InChI is InChI=1S/C22H22ClF3N2O4/c23-16-4-7-18(8-5-16)31-13-20(29)28-17-6-9-19(32-12-17)21(30)27-11-14-2-1-3-15(10-14)22(24,25)26/h1-5,7-8,10,17,19H,6,9,11-13H2,(H,27,30)(H,28,29)/t17-,19+/m0/s1. The average Bonchev–Trinajstić information content (AvgIpc) is 2.77. The van der Waals surface area contributed by atoms with Gasteiger partial charge in [-0.15, -0.1) is 0 Å². The Hall–Kier alpha value is -2.78. The highest BCUT2D eigenvalue weighted by molar-refractivity contribution is 6.30. The molecule has 1 aliphatic heterocycles. The molecule has 172 valence electrons. The number of hydrogen-bond acceptors (Lipinski definition) is 4. The SMILES string of the molecule is O=C(COc1ccc(Cl)cc1)N[C@H]1CC[C@H](C(=O)NCc2cccc(C(F)(F)F)c2)OC1. The summed E-state index contributed by atoms with van der Waals surface area (Å²) in [4.78, 5) is 24.3. The topological polar surface area (TPSA) is 76.7 Å². The van der Waals surface area contributed by atoms with Crippen molar-refractivity contribution in [1.29, 1.82) is 0 Å². The van der Waals surface area contributed by atoms with Gasteiger partial charge >= 0.3 is 6.18 Å². The van der Waals surface area contributed by atoms with Crippen LogP contribution in [0.15, 0.2) is 48.5 Å². The first-order valence-corrected chi connectivity index (χ1v) is 10.3. The summed E-state index contributed by atoms with van der Waals surface area (Å²) < 4.78 is 49.3. The van der Waals surface area contributed by atoms with Crippen LogP contribution in [0.5, 0.6) is 5.75 Å². The van der Waals surface area contributed by atoms with Crippen molar-refractivity contribution in [2.75, 3.05) is 13.2 Å². The molecule has 1 heterocycles. The molecule has 1 saturated heterocycles. The molecular weight excluding hydrogens is 449 g/mol. The predicted molar refractivity (Wildman–Crippen MR) is 111 cm³/mol. The second-order valence-corrected chi connectivity index (χ2v) is 7.76. The number of carbonyl (C=O) groups is 2. The first-order valence-electron chi connectivity index (χ1n) is 9.94. The Kier molecular flexibility index (Phi) is 7.98. The Morgan fingerprint density at radius 3 is 2.53 bits per heavy atom. The fourth-order valence-electron chi connectivity index (χ4n) is 3.18. The predicted octanol–water partition coefficient (Wildman–Crippen LogP) is 3.72. The molecule has 0 saturated carbocycles. The third-order valence-corrected chi connectivity index (χ3v) is 5.09. The number of benzene rings is 2. The Bertz CT molecular complexity index is 930. The maximum atomic E-state index is 12.8. The van der Waals surface area contributed by atoms with Crippen LogP contribution in [0.25, 0.3) is 0 Å². The molecule has 0 aliphatic carbocycles. The number of alkyl halides is 3. The van der Waals surface area contributed by atoms with Crippen molar-refractivity contribution in [1.82, 2.24) is 10.6 Å². The van der Waals surface area contributed by atoms with E-state index in [4.69, 9.17) is 21.1 Å². The summed E-state index contributed by atoms with van der Waals surface area (Å²) in [5, 5.41) is 5.95. The van der Waals surface area contributed by atoms with Gasteiger partial charge in [0.1, 0.15) is 11.9 Å². The fourth-order valence-corrected chi connectivity index (χ4v) is 3.31. The van der Waals surface area contributed by atoms with E-state index < -0.39 is 23.8 Å². The molecule has 0 radical (unpaired) electrons. The zero-order chi connectivity index (χ0) is 23.1. The van der Waals surface area contributed by atoms with E-state index in [1.54, 1.807) is 24.3 Å². The number of hydrogen-bond donors (Lipinski definition) is 2. The van der Waals surface area contributed by atoms with Gasteiger partial charge in [0.15, 0.2) is 6.61 Å². The van der Waals surface area contributed by atoms with Crippen LogP contribution in [-0.2, 0) is 27.0 Å². The van der Waals surface area contributed by atoms with Gasteiger partial charge in [-0.3, -0.25) is 9.59 Å². The Morgan fingerprint density at radius 1 is 1.12 bits per heavy atom. The highest BCUT2D eigenvalue weighted by atomic mass is 35.5. The third kappa shape index (κ3) is 7.13. The van der Waals surface area contributed by atoms with Crippen LogP contribution in [0.4, 0.5) is 13.2 Å². The zero-order valence-electron chi connectivity index (χ0n) is 17.0. The lowest BCUT2D eigenvalue weighted by Crippen LogP contribution is -2.48. The van der Waals surface area contributed by atoms with Gasteiger partial charge in [0, 0.05) is 11.6 Å². The van der Waals surface area contributed by atoms with Crippen molar-refractivity contribution in [3.8, 4) is 5.75 Å². The molecule has 2 N–H and O–H groups in total. The maximum Gasteiger partial charge on any atom is 0.416 e. The molecule has 6 nitrogen and oxygen atoms in total. The molecule has 3 rings (SSSR count). The monoisotopic (exact) mass is 470 g/mol. The minimum absolute atomic E-state index is 0.0369.